The number of benzene rings is 2. The molecule has 1 aromatic heterocycles. The van der Waals surface area contributed by atoms with Crippen molar-refractivity contribution in [2.75, 3.05) is 7.05 Å². The first kappa shape index (κ1) is 18.3. The average molecular weight is 382 g/mol. The third-order valence-electron chi connectivity index (χ3n) is 6.57. The first-order valence-electron chi connectivity index (χ1n) is 10.6. The lowest BCUT2D eigenvalue weighted by Gasteiger charge is -2.38. The molecule has 0 radical (unpaired) electrons. The van der Waals surface area contributed by atoms with Crippen LogP contribution in [0.5, 0.6) is 0 Å². The van der Waals surface area contributed by atoms with Crippen molar-refractivity contribution in [3.8, 4) is 22.4 Å². The number of hydrogen-bond acceptors (Lipinski definition) is 3. The van der Waals surface area contributed by atoms with E-state index in [-0.39, 0.29) is 5.54 Å². The summed E-state index contributed by atoms with van der Waals surface area (Å²) >= 11 is 0. The van der Waals surface area contributed by atoms with Gasteiger partial charge in [-0.25, -0.2) is 0 Å². The van der Waals surface area contributed by atoms with Gasteiger partial charge in [-0.3, -0.25) is 9.98 Å². The smallest absolute Gasteiger partial charge is 0.0784 e. The number of aromatic nitrogens is 1. The van der Waals surface area contributed by atoms with Crippen molar-refractivity contribution in [2.45, 2.75) is 44.1 Å². The largest absolute Gasteiger partial charge is 0.321 e. The maximum atomic E-state index is 6.53. The molecule has 0 atom stereocenters. The summed E-state index contributed by atoms with van der Waals surface area (Å²) in [5.74, 6) is 0. The van der Waals surface area contributed by atoms with E-state index >= 15 is 0 Å². The topological polar surface area (TPSA) is 51.3 Å². The van der Waals surface area contributed by atoms with Crippen molar-refractivity contribution in [3.63, 3.8) is 0 Å². The van der Waals surface area contributed by atoms with Gasteiger partial charge in [0, 0.05) is 35.0 Å². The highest BCUT2D eigenvalue weighted by molar-refractivity contribution is 6.04. The number of rotatable bonds is 3. The van der Waals surface area contributed by atoms with Gasteiger partial charge in [-0.15, -0.1) is 0 Å². The summed E-state index contributed by atoms with van der Waals surface area (Å²) < 4.78 is 0. The molecular weight excluding hydrogens is 354 g/mol. The molecule has 0 spiro atoms. The Kier molecular flexibility index (Phi) is 4.56. The SMILES string of the molecule is C/N=C1\CCCc2nc(-c3ccc(C4(N)CCC4)cc3)c(-c3ccccc3)cc21. The third kappa shape index (κ3) is 3.20. The second kappa shape index (κ2) is 7.23. The van der Waals surface area contributed by atoms with E-state index in [0.29, 0.717) is 0 Å². The summed E-state index contributed by atoms with van der Waals surface area (Å²) in [6, 6.07) is 21.7. The molecule has 5 rings (SSSR count). The summed E-state index contributed by atoms with van der Waals surface area (Å²) in [6.07, 6.45) is 6.55. The summed E-state index contributed by atoms with van der Waals surface area (Å²) in [7, 11) is 1.89. The fraction of sp³-hybridized carbons (Fsp3) is 0.308. The Morgan fingerprint density at radius 1 is 0.862 bits per heavy atom. The molecule has 146 valence electrons. The number of fused-ring (bicyclic) bond motifs is 1. The fourth-order valence-electron chi connectivity index (χ4n) is 4.65. The third-order valence-corrected chi connectivity index (χ3v) is 6.57. The van der Waals surface area contributed by atoms with Gasteiger partial charge in [0.25, 0.3) is 0 Å². The average Bonchev–Trinajstić information content (AvgIpc) is 2.77. The highest BCUT2D eigenvalue weighted by atomic mass is 14.8. The van der Waals surface area contributed by atoms with Crippen LogP contribution in [-0.4, -0.2) is 17.7 Å². The van der Waals surface area contributed by atoms with E-state index in [1.165, 1.54) is 40.1 Å². The predicted molar refractivity (Wildman–Crippen MR) is 120 cm³/mol. The summed E-state index contributed by atoms with van der Waals surface area (Å²) in [4.78, 5) is 9.72. The highest BCUT2D eigenvalue weighted by Crippen LogP contribution is 2.40. The molecule has 2 aliphatic carbocycles. The fourth-order valence-corrected chi connectivity index (χ4v) is 4.65. The number of nitrogens with zero attached hydrogens (tertiary/aromatic N) is 2. The Morgan fingerprint density at radius 2 is 1.62 bits per heavy atom. The lowest BCUT2D eigenvalue weighted by Crippen LogP contribution is -2.43. The molecule has 29 heavy (non-hydrogen) atoms. The van der Waals surface area contributed by atoms with Gasteiger partial charge in [-0.1, -0.05) is 54.6 Å². The molecule has 0 saturated heterocycles. The number of aryl methyl sites for hydroxylation is 1. The normalized spacial score (nSPS) is 18.9. The van der Waals surface area contributed by atoms with Gasteiger partial charge in [0.05, 0.1) is 11.4 Å². The molecule has 2 N–H and O–H groups in total. The van der Waals surface area contributed by atoms with Crippen LogP contribution >= 0.6 is 0 Å². The van der Waals surface area contributed by atoms with E-state index in [1.807, 2.05) is 7.05 Å². The van der Waals surface area contributed by atoms with E-state index in [1.54, 1.807) is 0 Å². The second-order valence-corrected chi connectivity index (χ2v) is 8.36. The van der Waals surface area contributed by atoms with Gasteiger partial charge in [0.2, 0.25) is 0 Å². The highest BCUT2D eigenvalue weighted by Gasteiger charge is 2.34. The van der Waals surface area contributed by atoms with Crippen LogP contribution in [0.1, 0.15) is 48.9 Å². The van der Waals surface area contributed by atoms with Crippen molar-refractivity contribution < 1.29 is 0 Å². The Hall–Kier alpha value is -2.78. The van der Waals surface area contributed by atoms with Gasteiger partial charge < -0.3 is 5.73 Å². The Bertz CT molecular complexity index is 1060. The zero-order chi connectivity index (χ0) is 19.8. The van der Waals surface area contributed by atoms with Crippen LogP contribution in [0, 0.1) is 0 Å². The van der Waals surface area contributed by atoms with Crippen molar-refractivity contribution in [2.24, 2.45) is 10.7 Å². The van der Waals surface area contributed by atoms with Crippen LogP contribution in [-0.2, 0) is 12.0 Å². The van der Waals surface area contributed by atoms with Gasteiger partial charge in [0.15, 0.2) is 0 Å². The number of nitrogens with two attached hydrogens (primary N) is 1. The van der Waals surface area contributed by atoms with Gasteiger partial charge in [0.1, 0.15) is 0 Å². The van der Waals surface area contributed by atoms with E-state index < -0.39 is 0 Å². The standard InChI is InChI=1S/C26H27N3/c1-28-23-9-5-10-24-22(23)17-21(18-7-3-2-4-8-18)25(29-24)19-11-13-20(14-12-19)26(27)15-6-16-26/h2-4,7-8,11-14,17H,5-6,9-10,15-16,27H2,1H3/b28-23+. The van der Waals surface area contributed by atoms with E-state index in [2.05, 4.69) is 65.7 Å². The van der Waals surface area contributed by atoms with Crippen LogP contribution in [0.4, 0.5) is 0 Å². The molecule has 2 aliphatic rings. The molecule has 0 aliphatic heterocycles. The monoisotopic (exact) mass is 381 g/mol. The zero-order valence-corrected chi connectivity index (χ0v) is 17.0. The van der Waals surface area contributed by atoms with Crippen molar-refractivity contribution >= 4 is 5.71 Å². The minimum atomic E-state index is -0.128. The first-order chi connectivity index (χ1) is 14.2. The zero-order valence-electron chi connectivity index (χ0n) is 17.0. The van der Waals surface area contributed by atoms with E-state index in [4.69, 9.17) is 10.7 Å². The maximum absolute atomic E-state index is 6.53. The van der Waals surface area contributed by atoms with Crippen LogP contribution in [0.25, 0.3) is 22.4 Å². The molecule has 0 unspecified atom stereocenters. The molecule has 3 nitrogen and oxygen atoms in total. The first-order valence-corrected chi connectivity index (χ1v) is 10.6. The molecular formula is C26H27N3. The minimum Gasteiger partial charge on any atom is -0.321 e. The molecule has 3 aromatic rings. The van der Waals surface area contributed by atoms with Crippen molar-refractivity contribution in [1.82, 2.24) is 4.98 Å². The quantitative estimate of drug-likeness (QED) is 0.650. The molecule has 1 heterocycles. The minimum absolute atomic E-state index is 0.128. The molecule has 3 heteroatoms. The number of aliphatic imine (C=N–C) groups is 1. The van der Waals surface area contributed by atoms with Crippen LogP contribution in [0.3, 0.4) is 0 Å². The van der Waals surface area contributed by atoms with Crippen LogP contribution in [0.15, 0.2) is 65.7 Å². The summed E-state index contributed by atoms with van der Waals surface area (Å²) in [5, 5.41) is 0. The Balaban J connectivity index is 1.65. The Morgan fingerprint density at radius 3 is 2.28 bits per heavy atom. The van der Waals surface area contributed by atoms with Gasteiger partial charge in [-0.2, -0.15) is 0 Å². The molecule has 0 amide bonds. The van der Waals surface area contributed by atoms with Gasteiger partial charge >= 0.3 is 0 Å². The maximum Gasteiger partial charge on any atom is 0.0784 e. The van der Waals surface area contributed by atoms with E-state index in [0.717, 1.165) is 43.4 Å². The van der Waals surface area contributed by atoms with Gasteiger partial charge in [-0.05, 0) is 55.7 Å². The summed E-state index contributed by atoms with van der Waals surface area (Å²) in [5.41, 5.74) is 15.8. The molecule has 2 aromatic carbocycles. The number of pyridine rings is 1. The summed E-state index contributed by atoms with van der Waals surface area (Å²) in [6.45, 7) is 0. The van der Waals surface area contributed by atoms with Crippen LogP contribution in [0.2, 0.25) is 0 Å². The lowest BCUT2D eigenvalue weighted by atomic mass is 9.72. The van der Waals surface area contributed by atoms with Crippen LogP contribution < -0.4 is 5.73 Å². The van der Waals surface area contributed by atoms with Crippen molar-refractivity contribution in [3.05, 3.63) is 77.5 Å². The molecule has 1 fully saturated rings. The second-order valence-electron chi connectivity index (χ2n) is 8.36. The lowest BCUT2D eigenvalue weighted by molar-refractivity contribution is 0.253. The van der Waals surface area contributed by atoms with E-state index in [9.17, 15) is 0 Å². The number of hydrogen-bond donors (Lipinski definition) is 1. The predicted octanol–water partition coefficient (Wildman–Crippen LogP) is 5.51. The molecule has 0 bridgehead atoms. The Labute approximate surface area is 172 Å². The van der Waals surface area contributed by atoms with Crippen molar-refractivity contribution in [1.29, 1.82) is 0 Å². The molecule has 1 saturated carbocycles.